The Morgan fingerprint density at radius 1 is 1.20 bits per heavy atom. The highest BCUT2D eigenvalue weighted by Gasteiger charge is 2.26. The number of nitriles is 1. The third kappa shape index (κ3) is 3.05. The molecule has 2 N–H and O–H groups in total. The third-order valence-corrected chi connectivity index (χ3v) is 4.35. The minimum Gasteiger partial charge on any atom is -0.398 e. The summed E-state index contributed by atoms with van der Waals surface area (Å²) in [4.78, 5) is 4.99. The zero-order valence-electron chi connectivity index (χ0n) is 11.9. The molecular formula is C16H22N4. The van der Waals surface area contributed by atoms with Crippen LogP contribution in [-0.4, -0.2) is 37.6 Å². The second kappa shape index (κ2) is 5.72. The fraction of sp³-hybridized carbons (Fsp3) is 0.562. The van der Waals surface area contributed by atoms with Crippen molar-refractivity contribution in [1.29, 1.82) is 5.26 Å². The van der Waals surface area contributed by atoms with Crippen molar-refractivity contribution < 1.29 is 0 Å². The van der Waals surface area contributed by atoms with Crippen LogP contribution in [0.3, 0.4) is 0 Å². The average Bonchev–Trinajstić information content (AvgIpc) is 3.26. The highest BCUT2D eigenvalue weighted by Crippen LogP contribution is 2.30. The lowest BCUT2D eigenvalue weighted by atomic mass is 10.1. The molecular weight excluding hydrogens is 248 g/mol. The van der Waals surface area contributed by atoms with Gasteiger partial charge in [-0.05, 0) is 42.5 Å². The predicted octanol–water partition coefficient (Wildman–Crippen LogP) is 1.87. The van der Waals surface area contributed by atoms with Gasteiger partial charge in [0, 0.05) is 44.1 Å². The molecule has 4 nitrogen and oxygen atoms in total. The molecule has 1 heterocycles. The van der Waals surface area contributed by atoms with Crippen LogP contribution in [0.4, 0.5) is 11.4 Å². The van der Waals surface area contributed by atoms with Gasteiger partial charge in [-0.2, -0.15) is 5.26 Å². The van der Waals surface area contributed by atoms with E-state index in [0.717, 1.165) is 43.3 Å². The van der Waals surface area contributed by atoms with Crippen molar-refractivity contribution in [3.8, 4) is 6.07 Å². The number of nitrogen functional groups attached to an aromatic ring is 1. The van der Waals surface area contributed by atoms with Crippen LogP contribution in [0.5, 0.6) is 0 Å². The summed E-state index contributed by atoms with van der Waals surface area (Å²) in [7, 11) is 0. The van der Waals surface area contributed by atoms with Gasteiger partial charge in [-0.15, -0.1) is 0 Å². The maximum absolute atomic E-state index is 8.84. The first kappa shape index (κ1) is 13.3. The minimum atomic E-state index is 0.390. The van der Waals surface area contributed by atoms with E-state index in [-0.39, 0.29) is 0 Å². The second-order valence-electron chi connectivity index (χ2n) is 5.95. The molecule has 0 radical (unpaired) electrons. The van der Waals surface area contributed by atoms with E-state index in [1.807, 2.05) is 6.07 Å². The van der Waals surface area contributed by atoms with E-state index in [2.05, 4.69) is 28.0 Å². The van der Waals surface area contributed by atoms with Gasteiger partial charge in [0.25, 0.3) is 0 Å². The molecule has 2 fully saturated rings. The lowest BCUT2D eigenvalue weighted by Crippen LogP contribution is -2.47. The van der Waals surface area contributed by atoms with Crippen LogP contribution in [0, 0.1) is 17.2 Å². The fourth-order valence-electron chi connectivity index (χ4n) is 2.88. The summed E-state index contributed by atoms with van der Waals surface area (Å²) in [5, 5.41) is 8.84. The first-order valence-corrected chi connectivity index (χ1v) is 7.49. The molecule has 20 heavy (non-hydrogen) atoms. The molecule has 1 aliphatic carbocycles. The Bertz CT molecular complexity index is 508. The van der Waals surface area contributed by atoms with Crippen molar-refractivity contribution in [3.05, 3.63) is 23.8 Å². The van der Waals surface area contributed by atoms with Crippen LogP contribution in [-0.2, 0) is 6.42 Å². The molecule has 0 amide bonds. The lowest BCUT2D eigenvalue weighted by Gasteiger charge is -2.36. The molecule has 1 aromatic rings. The molecule has 1 aromatic carbocycles. The standard InChI is InChI=1S/C16H22N4/c17-6-5-14-11-15(3-4-16(14)18)20-9-7-19(8-10-20)12-13-1-2-13/h3-4,11,13H,1-2,5,7-10,12,18H2. The maximum Gasteiger partial charge on any atom is 0.0670 e. The summed E-state index contributed by atoms with van der Waals surface area (Å²) < 4.78 is 0. The number of hydrogen-bond acceptors (Lipinski definition) is 4. The SMILES string of the molecule is N#CCc1cc(N2CCN(CC3CC3)CC2)ccc1N. The van der Waals surface area contributed by atoms with Crippen LogP contribution in [0.2, 0.25) is 0 Å². The van der Waals surface area contributed by atoms with Gasteiger partial charge in [-0.3, -0.25) is 4.90 Å². The zero-order chi connectivity index (χ0) is 13.9. The Morgan fingerprint density at radius 3 is 2.60 bits per heavy atom. The topological polar surface area (TPSA) is 56.3 Å². The predicted molar refractivity (Wildman–Crippen MR) is 81.5 cm³/mol. The van der Waals surface area contributed by atoms with Crippen molar-refractivity contribution in [1.82, 2.24) is 4.90 Å². The molecule has 0 atom stereocenters. The van der Waals surface area contributed by atoms with Crippen molar-refractivity contribution in [2.75, 3.05) is 43.4 Å². The molecule has 106 valence electrons. The van der Waals surface area contributed by atoms with Crippen LogP contribution in [0.25, 0.3) is 0 Å². The zero-order valence-corrected chi connectivity index (χ0v) is 11.9. The van der Waals surface area contributed by atoms with Crippen molar-refractivity contribution in [3.63, 3.8) is 0 Å². The molecule has 0 unspecified atom stereocenters. The van der Waals surface area contributed by atoms with Crippen LogP contribution < -0.4 is 10.6 Å². The number of hydrogen-bond donors (Lipinski definition) is 1. The highest BCUT2D eigenvalue weighted by molar-refractivity contribution is 5.59. The fourth-order valence-corrected chi connectivity index (χ4v) is 2.88. The molecule has 0 aromatic heterocycles. The normalized spacial score (nSPS) is 19.9. The summed E-state index contributed by atoms with van der Waals surface area (Å²) in [5.41, 5.74) is 8.79. The van der Waals surface area contributed by atoms with Crippen LogP contribution in [0.15, 0.2) is 18.2 Å². The quantitative estimate of drug-likeness (QED) is 0.849. The van der Waals surface area contributed by atoms with E-state index >= 15 is 0 Å². The summed E-state index contributed by atoms with van der Waals surface area (Å²) in [6.45, 7) is 5.73. The summed E-state index contributed by atoms with van der Waals surface area (Å²) in [5.74, 6) is 0.973. The lowest BCUT2D eigenvalue weighted by molar-refractivity contribution is 0.248. The number of benzene rings is 1. The van der Waals surface area contributed by atoms with E-state index in [1.54, 1.807) is 0 Å². The highest BCUT2D eigenvalue weighted by atomic mass is 15.3. The Kier molecular flexibility index (Phi) is 3.79. The van der Waals surface area contributed by atoms with Crippen LogP contribution >= 0.6 is 0 Å². The smallest absolute Gasteiger partial charge is 0.0670 e. The molecule has 1 saturated heterocycles. The van der Waals surface area contributed by atoms with E-state index in [4.69, 9.17) is 11.0 Å². The average molecular weight is 270 g/mol. The van der Waals surface area contributed by atoms with Gasteiger partial charge >= 0.3 is 0 Å². The number of nitrogens with zero attached hydrogens (tertiary/aromatic N) is 3. The molecule has 1 aliphatic heterocycles. The summed E-state index contributed by atoms with van der Waals surface area (Å²) >= 11 is 0. The van der Waals surface area contributed by atoms with E-state index in [1.165, 1.54) is 25.1 Å². The summed E-state index contributed by atoms with van der Waals surface area (Å²) in [6, 6.07) is 8.27. The van der Waals surface area contributed by atoms with Gasteiger partial charge in [0.2, 0.25) is 0 Å². The number of piperazine rings is 1. The number of nitrogens with two attached hydrogens (primary N) is 1. The second-order valence-corrected chi connectivity index (χ2v) is 5.95. The monoisotopic (exact) mass is 270 g/mol. The Morgan fingerprint density at radius 2 is 1.95 bits per heavy atom. The van der Waals surface area contributed by atoms with E-state index < -0.39 is 0 Å². The van der Waals surface area contributed by atoms with Crippen molar-refractivity contribution >= 4 is 11.4 Å². The Hall–Kier alpha value is -1.73. The van der Waals surface area contributed by atoms with Gasteiger partial charge in [-0.25, -0.2) is 0 Å². The molecule has 2 aliphatic rings. The molecule has 1 saturated carbocycles. The largest absolute Gasteiger partial charge is 0.398 e. The van der Waals surface area contributed by atoms with Gasteiger partial charge < -0.3 is 10.6 Å². The maximum atomic E-state index is 8.84. The van der Waals surface area contributed by atoms with Gasteiger partial charge in [0.05, 0.1) is 12.5 Å². The summed E-state index contributed by atoms with van der Waals surface area (Å²) in [6.07, 6.45) is 3.24. The molecule has 0 bridgehead atoms. The van der Waals surface area contributed by atoms with Gasteiger partial charge in [-0.1, -0.05) is 0 Å². The molecule has 3 rings (SSSR count). The van der Waals surface area contributed by atoms with E-state index in [0.29, 0.717) is 6.42 Å². The number of rotatable bonds is 4. The Labute approximate surface area is 120 Å². The van der Waals surface area contributed by atoms with E-state index in [9.17, 15) is 0 Å². The van der Waals surface area contributed by atoms with Gasteiger partial charge in [0.15, 0.2) is 0 Å². The minimum absolute atomic E-state index is 0.390. The number of anilines is 2. The Balaban J connectivity index is 1.62. The molecule has 0 spiro atoms. The van der Waals surface area contributed by atoms with Crippen molar-refractivity contribution in [2.45, 2.75) is 19.3 Å². The third-order valence-electron chi connectivity index (χ3n) is 4.35. The molecule has 4 heteroatoms. The first-order valence-electron chi connectivity index (χ1n) is 7.49. The first-order chi connectivity index (χ1) is 9.76. The van der Waals surface area contributed by atoms with Crippen molar-refractivity contribution in [2.24, 2.45) is 5.92 Å². The van der Waals surface area contributed by atoms with Crippen LogP contribution in [0.1, 0.15) is 18.4 Å². The van der Waals surface area contributed by atoms with Gasteiger partial charge in [0.1, 0.15) is 0 Å².